The molecule has 2 fully saturated rings. The average molecular weight is 548 g/mol. The lowest BCUT2D eigenvalue weighted by Gasteiger charge is -2.29. The zero-order valence-corrected chi connectivity index (χ0v) is 22.9. The minimum absolute atomic E-state index is 0.0415. The number of fused-ring (bicyclic) bond motifs is 1. The van der Waals surface area contributed by atoms with E-state index in [1.165, 1.54) is 16.9 Å². The van der Waals surface area contributed by atoms with Crippen LogP contribution in [0.5, 0.6) is 0 Å². The van der Waals surface area contributed by atoms with Crippen LogP contribution in [0, 0.1) is 0 Å². The molecule has 196 valence electrons. The van der Waals surface area contributed by atoms with Gasteiger partial charge in [-0.15, -0.1) is 11.3 Å². The highest BCUT2D eigenvalue weighted by Gasteiger charge is 2.34. The van der Waals surface area contributed by atoms with Crippen LogP contribution in [0.15, 0.2) is 71.8 Å². The average Bonchev–Trinajstić information content (AvgIpc) is 3.69. The monoisotopic (exact) mass is 547 g/mol. The van der Waals surface area contributed by atoms with Crippen molar-refractivity contribution in [2.24, 2.45) is 0 Å². The Morgan fingerprint density at radius 2 is 1.87 bits per heavy atom. The molecule has 2 saturated heterocycles. The molecule has 0 radical (unpaired) electrons. The fourth-order valence-electron chi connectivity index (χ4n) is 5.58. The fraction of sp³-hybridized carbons (Fsp3) is 0.345. The minimum atomic E-state index is -0.0732. The van der Waals surface area contributed by atoms with E-state index < -0.39 is 0 Å². The van der Waals surface area contributed by atoms with Crippen LogP contribution in [0.4, 0.5) is 4.79 Å². The van der Waals surface area contributed by atoms with E-state index in [4.69, 9.17) is 11.6 Å². The minimum Gasteiger partial charge on any atom is -0.323 e. The summed E-state index contributed by atoms with van der Waals surface area (Å²) in [5.74, 6) is 0. The van der Waals surface area contributed by atoms with Gasteiger partial charge < -0.3 is 9.80 Å². The molecule has 2 atom stereocenters. The number of rotatable bonds is 5. The van der Waals surface area contributed by atoms with Crippen molar-refractivity contribution in [2.75, 3.05) is 33.2 Å². The maximum atomic E-state index is 13.4. The highest BCUT2D eigenvalue weighted by atomic mass is 35.5. The SMILES string of the molecule is CN(C(=O)N1CC[C@H](n2cnc3cc(-c4ccc(Cl)cc4)sc3c2=O)C1)[C@@H]1CCN(Cc2ccccc2)C1. The normalized spacial score (nSPS) is 19.9. The first-order valence-electron chi connectivity index (χ1n) is 13.0. The first kappa shape index (κ1) is 25.1. The molecule has 7 nitrogen and oxygen atoms in total. The molecule has 4 heterocycles. The molecule has 0 aliphatic carbocycles. The molecular weight excluding hydrogens is 518 g/mol. The first-order chi connectivity index (χ1) is 18.5. The number of thiophene rings is 1. The van der Waals surface area contributed by atoms with Crippen molar-refractivity contribution >= 4 is 39.2 Å². The summed E-state index contributed by atoms with van der Waals surface area (Å²) in [5.41, 5.74) is 2.97. The second kappa shape index (κ2) is 10.5. The molecule has 2 aliphatic heterocycles. The van der Waals surface area contributed by atoms with Crippen LogP contribution in [-0.2, 0) is 6.54 Å². The number of aromatic nitrogens is 2. The van der Waals surface area contributed by atoms with Crippen LogP contribution >= 0.6 is 22.9 Å². The van der Waals surface area contributed by atoms with E-state index in [1.807, 2.05) is 53.2 Å². The van der Waals surface area contributed by atoms with Gasteiger partial charge in [0.15, 0.2) is 0 Å². The van der Waals surface area contributed by atoms with Crippen molar-refractivity contribution < 1.29 is 4.79 Å². The molecule has 2 aromatic heterocycles. The zero-order chi connectivity index (χ0) is 26.2. The Kier molecular flexibility index (Phi) is 6.95. The van der Waals surface area contributed by atoms with Gasteiger partial charge in [-0.3, -0.25) is 14.3 Å². The molecule has 2 aliphatic rings. The number of amides is 2. The van der Waals surface area contributed by atoms with Gasteiger partial charge in [0, 0.05) is 55.7 Å². The Balaban J connectivity index is 1.11. The number of hydrogen-bond acceptors (Lipinski definition) is 5. The maximum Gasteiger partial charge on any atom is 0.320 e. The predicted octanol–water partition coefficient (Wildman–Crippen LogP) is 5.35. The third kappa shape index (κ3) is 4.96. The lowest BCUT2D eigenvalue weighted by molar-refractivity contribution is 0.153. The Labute approximate surface area is 230 Å². The number of carbonyl (C=O) groups is 1. The van der Waals surface area contributed by atoms with E-state index in [1.54, 1.807) is 10.9 Å². The number of hydrogen-bond donors (Lipinski definition) is 0. The van der Waals surface area contributed by atoms with E-state index in [0.717, 1.165) is 42.9 Å². The van der Waals surface area contributed by atoms with E-state index in [-0.39, 0.29) is 23.7 Å². The summed E-state index contributed by atoms with van der Waals surface area (Å²) in [5, 5.41) is 0.679. The first-order valence-corrected chi connectivity index (χ1v) is 14.2. The topological polar surface area (TPSA) is 61.7 Å². The number of likely N-dealkylation sites (tertiary alicyclic amines) is 2. The maximum absolute atomic E-state index is 13.4. The van der Waals surface area contributed by atoms with Crippen molar-refractivity contribution in [3.8, 4) is 10.4 Å². The number of halogens is 1. The summed E-state index contributed by atoms with van der Waals surface area (Å²) >= 11 is 7.48. The lowest BCUT2D eigenvalue weighted by atomic mass is 10.2. The van der Waals surface area contributed by atoms with E-state index >= 15 is 0 Å². The standard InChI is InChI=1S/C29H30ClN5O2S/c1-32(23-11-13-33(17-23)16-20-5-3-2-4-6-20)29(37)34-14-12-24(18-34)35-19-31-25-15-26(38-27(25)28(35)36)21-7-9-22(30)10-8-21/h2-10,15,19,23-24H,11-14,16-18H2,1H3/t23-,24+/m1/s1. The number of nitrogens with zero attached hydrogens (tertiary/aromatic N) is 5. The zero-order valence-electron chi connectivity index (χ0n) is 21.3. The summed E-state index contributed by atoms with van der Waals surface area (Å²) < 4.78 is 2.36. The van der Waals surface area contributed by atoms with E-state index in [0.29, 0.717) is 28.3 Å². The molecule has 38 heavy (non-hydrogen) atoms. The summed E-state index contributed by atoms with van der Waals surface area (Å²) in [6, 6.07) is 20.2. The fourth-order valence-corrected chi connectivity index (χ4v) is 6.76. The van der Waals surface area contributed by atoms with Crippen LogP contribution < -0.4 is 5.56 Å². The molecule has 0 unspecified atom stereocenters. The summed E-state index contributed by atoms with van der Waals surface area (Å²) in [6.07, 6.45) is 3.36. The van der Waals surface area contributed by atoms with Crippen molar-refractivity contribution in [3.63, 3.8) is 0 Å². The number of urea groups is 1. The molecule has 2 amide bonds. The van der Waals surface area contributed by atoms with Gasteiger partial charge in [-0.25, -0.2) is 9.78 Å². The Hall–Kier alpha value is -3.20. The van der Waals surface area contributed by atoms with Crippen molar-refractivity contribution in [3.05, 3.63) is 87.9 Å². The van der Waals surface area contributed by atoms with Gasteiger partial charge in [0.1, 0.15) is 4.70 Å². The van der Waals surface area contributed by atoms with E-state index in [2.05, 4.69) is 34.1 Å². The molecule has 6 rings (SSSR count). The van der Waals surface area contributed by atoms with Crippen LogP contribution in [0.3, 0.4) is 0 Å². The Morgan fingerprint density at radius 3 is 2.66 bits per heavy atom. The Bertz CT molecular complexity index is 1500. The largest absolute Gasteiger partial charge is 0.323 e. The summed E-state index contributed by atoms with van der Waals surface area (Å²) in [4.78, 5) is 38.6. The third-order valence-corrected chi connectivity index (χ3v) is 9.18. The smallest absolute Gasteiger partial charge is 0.320 e. The summed E-state index contributed by atoms with van der Waals surface area (Å²) in [6.45, 7) is 3.93. The highest BCUT2D eigenvalue weighted by Crippen LogP contribution is 2.32. The second-order valence-corrected chi connectivity index (χ2v) is 11.7. The molecule has 0 N–H and O–H groups in total. The van der Waals surface area contributed by atoms with Gasteiger partial charge in [-0.05, 0) is 42.2 Å². The van der Waals surface area contributed by atoms with Crippen LogP contribution in [0.1, 0.15) is 24.4 Å². The summed E-state index contributed by atoms with van der Waals surface area (Å²) in [7, 11) is 1.91. The van der Waals surface area contributed by atoms with Gasteiger partial charge >= 0.3 is 6.03 Å². The predicted molar refractivity (Wildman–Crippen MR) is 153 cm³/mol. The molecule has 2 aromatic carbocycles. The van der Waals surface area contributed by atoms with Crippen LogP contribution in [0.2, 0.25) is 5.02 Å². The molecule has 0 saturated carbocycles. The molecular formula is C29H30ClN5O2S. The number of likely N-dealkylation sites (N-methyl/N-ethyl adjacent to an activating group) is 1. The van der Waals surface area contributed by atoms with Crippen LogP contribution in [0.25, 0.3) is 20.7 Å². The van der Waals surface area contributed by atoms with Gasteiger partial charge in [-0.1, -0.05) is 54.1 Å². The molecule has 9 heteroatoms. The van der Waals surface area contributed by atoms with Crippen LogP contribution in [-0.4, -0.2) is 69.6 Å². The van der Waals surface area contributed by atoms with Gasteiger partial charge in [-0.2, -0.15) is 0 Å². The molecule has 0 spiro atoms. The number of benzene rings is 2. The van der Waals surface area contributed by atoms with Gasteiger partial charge in [0.2, 0.25) is 0 Å². The number of carbonyl (C=O) groups excluding carboxylic acids is 1. The highest BCUT2D eigenvalue weighted by molar-refractivity contribution is 7.22. The van der Waals surface area contributed by atoms with Gasteiger partial charge in [0.25, 0.3) is 5.56 Å². The van der Waals surface area contributed by atoms with E-state index in [9.17, 15) is 9.59 Å². The second-order valence-electron chi connectivity index (χ2n) is 10.2. The van der Waals surface area contributed by atoms with Crippen molar-refractivity contribution in [1.82, 2.24) is 24.3 Å². The molecule has 0 bridgehead atoms. The van der Waals surface area contributed by atoms with Crippen molar-refractivity contribution in [1.29, 1.82) is 0 Å². The Morgan fingerprint density at radius 1 is 1.08 bits per heavy atom. The lowest BCUT2D eigenvalue weighted by Crippen LogP contribution is -2.46. The van der Waals surface area contributed by atoms with Gasteiger partial charge in [0.05, 0.1) is 17.9 Å². The van der Waals surface area contributed by atoms with Crippen molar-refractivity contribution in [2.45, 2.75) is 31.5 Å². The molecule has 4 aromatic rings. The third-order valence-electron chi connectivity index (χ3n) is 7.76. The quantitative estimate of drug-likeness (QED) is 0.338.